The van der Waals surface area contributed by atoms with Crippen molar-refractivity contribution in [2.24, 2.45) is 0 Å². The molecule has 1 fully saturated rings. The Kier molecular flexibility index (Phi) is 7.95. The molecule has 0 radical (unpaired) electrons. The van der Waals surface area contributed by atoms with Crippen LogP contribution in [0.1, 0.15) is 30.5 Å². The normalized spacial score (nSPS) is 17.3. The highest BCUT2D eigenvalue weighted by molar-refractivity contribution is 6.46. The van der Waals surface area contributed by atoms with Crippen molar-refractivity contribution in [1.82, 2.24) is 4.90 Å². The number of hydrogen-bond acceptors (Lipinski definition) is 7. The van der Waals surface area contributed by atoms with Gasteiger partial charge in [-0.25, -0.2) is 0 Å². The summed E-state index contributed by atoms with van der Waals surface area (Å²) < 4.78 is 21.5. The van der Waals surface area contributed by atoms with Gasteiger partial charge in [-0.3, -0.25) is 9.59 Å². The second-order valence-electron chi connectivity index (χ2n) is 7.48. The molecule has 0 saturated carbocycles. The lowest BCUT2D eigenvalue weighted by molar-refractivity contribution is -0.140. The van der Waals surface area contributed by atoms with Crippen molar-refractivity contribution < 1.29 is 33.6 Å². The predicted octanol–water partition coefficient (Wildman–Crippen LogP) is 3.56. The topological polar surface area (TPSA) is 94.5 Å². The fraction of sp³-hybridized carbons (Fsp3) is 0.360. The Labute approximate surface area is 193 Å². The van der Waals surface area contributed by atoms with Crippen molar-refractivity contribution in [2.75, 3.05) is 41.1 Å². The van der Waals surface area contributed by atoms with E-state index in [2.05, 4.69) is 0 Å². The number of aliphatic hydroxyl groups excluding tert-OH is 1. The van der Waals surface area contributed by atoms with Crippen molar-refractivity contribution in [1.29, 1.82) is 0 Å². The van der Waals surface area contributed by atoms with Gasteiger partial charge in [0.25, 0.3) is 11.7 Å². The van der Waals surface area contributed by atoms with Gasteiger partial charge in [0, 0.05) is 19.2 Å². The van der Waals surface area contributed by atoms with Gasteiger partial charge in [0.1, 0.15) is 11.5 Å². The van der Waals surface area contributed by atoms with Gasteiger partial charge < -0.3 is 29.0 Å². The number of carbonyl (C=O) groups excluding carboxylic acids is 2. The number of ketones is 1. The van der Waals surface area contributed by atoms with Gasteiger partial charge in [-0.05, 0) is 36.2 Å². The fourth-order valence-electron chi connectivity index (χ4n) is 3.78. The third kappa shape index (κ3) is 4.96. The summed E-state index contributed by atoms with van der Waals surface area (Å²) in [7, 11) is 4.55. The number of methoxy groups -OCH3 is 3. The average Bonchev–Trinajstić information content (AvgIpc) is 3.10. The first-order valence-electron chi connectivity index (χ1n) is 10.7. The first kappa shape index (κ1) is 24.1. The molecule has 8 nitrogen and oxygen atoms in total. The van der Waals surface area contributed by atoms with Crippen molar-refractivity contribution in [3.63, 3.8) is 0 Å². The van der Waals surface area contributed by atoms with Crippen LogP contribution in [0.5, 0.6) is 17.2 Å². The third-order valence-electron chi connectivity index (χ3n) is 5.38. The SMILES string of the molecule is CCCOc1cccc(C(O)=C2C(=O)C(=O)N(CCOC)C2c2ccc(OC)c(OC)c2)c1. The molecule has 1 N–H and O–H groups in total. The number of aliphatic hydroxyl groups is 1. The van der Waals surface area contributed by atoms with Crippen LogP contribution in [-0.4, -0.2) is 62.8 Å². The minimum atomic E-state index is -0.819. The Morgan fingerprint density at radius 2 is 1.76 bits per heavy atom. The molecule has 8 heteroatoms. The van der Waals surface area contributed by atoms with Crippen LogP contribution in [0.2, 0.25) is 0 Å². The van der Waals surface area contributed by atoms with Gasteiger partial charge in [-0.15, -0.1) is 0 Å². The summed E-state index contributed by atoms with van der Waals surface area (Å²) in [5.41, 5.74) is 0.984. The van der Waals surface area contributed by atoms with Crippen LogP contribution in [0.25, 0.3) is 5.76 Å². The minimum Gasteiger partial charge on any atom is -0.507 e. The number of Topliss-reactive ketones (excluding diaryl/α,β-unsaturated/α-hetero) is 1. The standard InChI is InChI=1S/C25H29NO7/c1-5-12-33-18-8-6-7-17(14-18)23(27)21-22(26(11-13-30-2)25(29)24(21)28)16-9-10-19(31-3)20(15-16)32-4/h6-10,14-15,22,27H,5,11-13H2,1-4H3. The molecule has 1 atom stereocenters. The van der Waals surface area contributed by atoms with Gasteiger partial charge in [-0.1, -0.05) is 25.1 Å². The molecule has 2 aromatic rings. The largest absolute Gasteiger partial charge is 0.507 e. The molecule has 1 aliphatic heterocycles. The Morgan fingerprint density at radius 3 is 2.42 bits per heavy atom. The first-order valence-corrected chi connectivity index (χ1v) is 10.7. The van der Waals surface area contributed by atoms with Crippen LogP contribution in [0, 0.1) is 0 Å². The number of nitrogens with zero attached hydrogens (tertiary/aromatic N) is 1. The third-order valence-corrected chi connectivity index (χ3v) is 5.38. The predicted molar refractivity (Wildman–Crippen MR) is 123 cm³/mol. The van der Waals surface area contributed by atoms with Crippen LogP contribution in [0.15, 0.2) is 48.0 Å². The zero-order chi connectivity index (χ0) is 24.0. The second-order valence-corrected chi connectivity index (χ2v) is 7.48. The van der Waals surface area contributed by atoms with E-state index in [-0.39, 0.29) is 24.5 Å². The van der Waals surface area contributed by atoms with Gasteiger partial charge >= 0.3 is 0 Å². The van der Waals surface area contributed by atoms with Crippen molar-refractivity contribution in [3.05, 3.63) is 59.2 Å². The summed E-state index contributed by atoms with van der Waals surface area (Å²) in [5, 5.41) is 11.2. The highest BCUT2D eigenvalue weighted by Gasteiger charge is 2.46. The lowest BCUT2D eigenvalue weighted by Gasteiger charge is -2.25. The van der Waals surface area contributed by atoms with E-state index in [4.69, 9.17) is 18.9 Å². The van der Waals surface area contributed by atoms with Crippen molar-refractivity contribution >= 4 is 17.4 Å². The van der Waals surface area contributed by atoms with Gasteiger partial charge in [0.05, 0.1) is 39.0 Å². The molecular weight excluding hydrogens is 426 g/mol. The van der Waals surface area contributed by atoms with E-state index in [1.54, 1.807) is 42.5 Å². The Bertz CT molecular complexity index is 1050. The van der Waals surface area contributed by atoms with Crippen LogP contribution in [0.4, 0.5) is 0 Å². The lowest BCUT2D eigenvalue weighted by atomic mass is 9.95. The van der Waals surface area contributed by atoms with Crippen LogP contribution in [-0.2, 0) is 14.3 Å². The molecule has 0 aromatic heterocycles. The number of benzene rings is 2. The van der Waals surface area contributed by atoms with Crippen molar-refractivity contribution in [3.8, 4) is 17.2 Å². The lowest BCUT2D eigenvalue weighted by Crippen LogP contribution is -2.32. The zero-order valence-corrected chi connectivity index (χ0v) is 19.3. The number of amides is 1. The van der Waals surface area contributed by atoms with E-state index in [1.807, 2.05) is 6.92 Å². The fourth-order valence-corrected chi connectivity index (χ4v) is 3.78. The molecular formula is C25H29NO7. The molecule has 1 amide bonds. The number of ether oxygens (including phenoxy) is 4. The summed E-state index contributed by atoms with van der Waals surface area (Å²) in [6.45, 7) is 2.93. The maximum atomic E-state index is 13.1. The van der Waals surface area contributed by atoms with E-state index >= 15 is 0 Å². The molecule has 1 saturated heterocycles. The minimum absolute atomic E-state index is 0.00374. The van der Waals surface area contributed by atoms with Crippen LogP contribution < -0.4 is 14.2 Å². The highest BCUT2D eigenvalue weighted by Crippen LogP contribution is 2.42. The number of carbonyl (C=O) groups is 2. The first-order chi connectivity index (χ1) is 16.0. The molecule has 33 heavy (non-hydrogen) atoms. The Hall–Kier alpha value is -3.52. The average molecular weight is 456 g/mol. The van der Waals surface area contributed by atoms with Gasteiger partial charge in [0.2, 0.25) is 0 Å². The van der Waals surface area contributed by atoms with E-state index in [0.717, 1.165) is 6.42 Å². The molecule has 176 valence electrons. The van der Waals surface area contributed by atoms with E-state index < -0.39 is 17.7 Å². The van der Waals surface area contributed by atoms with Gasteiger partial charge in [-0.2, -0.15) is 0 Å². The molecule has 0 bridgehead atoms. The number of hydrogen-bond donors (Lipinski definition) is 1. The summed E-state index contributed by atoms with van der Waals surface area (Å²) in [6, 6.07) is 11.1. The molecule has 1 aliphatic rings. The smallest absolute Gasteiger partial charge is 0.295 e. The quantitative estimate of drug-likeness (QED) is 0.333. The molecule has 1 unspecified atom stereocenters. The number of rotatable bonds is 10. The van der Waals surface area contributed by atoms with Crippen molar-refractivity contribution in [2.45, 2.75) is 19.4 Å². The number of likely N-dealkylation sites (tertiary alicyclic amines) is 1. The molecule has 0 aliphatic carbocycles. The van der Waals surface area contributed by atoms with E-state index in [9.17, 15) is 14.7 Å². The molecule has 3 rings (SSSR count). The Balaban J connectivity index is 2.15. The molecule has 1 heterocycles. The van der Waals surface area contributed by atoms with Crippen LogP contribution in [0.3, 0.4) is 0 Å². The molecule has 2 aromatic carbocycles. The van der Waals surface area contributed by atoms with Gasteiger partial charge in [0.15, 0.2) is 11.5 Å². The summed E-state index contributed by atoms with van der Waals surface area (Å²) >= 11 is 0. The maximum absolute atomic E-state index is 13.1. The molecule has 0 spiro atoms. The van der Waals surface area contributed by atoms with Crippen LogP contribution >= 0.6 is 0 Å². The van der Waals surface area contributed by atoms with E-state index in [1.165, 1.54) is 26.2 Å². The maximum Gasteiger partial charge on any atom is 0.295 e. The highest BCUT2D eigenvalue weighted by atomic mass is 16.5. The second kappa shape index (κ2) is 10.9. The zero-order valence-electron chi connectivity index (χ0n) is 19.3. The van der Waals surface area contributed by atoms with E-state index in [0.29, 0.717) is 35.0 Å². The summed E-state index contributed by atoms with van der Waals surface area (Å²) in [6.07, 6.45) is 0.833. The Morgan fingerprint density at radius 1 is 1.00 bits per heavy atom. The summed E-state index contributed by atoms with van der Waals surface area (Å²) in [5.74, 6) is -0.208. The monoisotopic (exact) mass is 455 g/mol. The summed E-state index contributed by atoms with van der Waals surface area (Å²) in [4.78, 5) is 27.4.